The standard InChI is InChI=1S/C25H29N3O4/c1-2-27(18-21-9-6-14-32-21)22(29)15-25(20-7-4-3-5-8-20)16-23(30)28(24(25)31)17-19-10-12-26-13-11-19/h3-5,7-8,10-13,21H,2,6,9,14-18H2,1H3. The van der Waals surface area contributed by atoms with Crippen LogP contribution in [0.25, 0.3) is 0 Å². The molecule has 0 aliphatic carbocycles. The number of imide groups is 1. The van der Waals surface area contributed by atoms with Gasteiger partial charge in [-0.1, -0.05) is 30.3 Å². The summed E-state index contributed by atoms with van der Waals surface area (Å²) in [5.41, 5.74) is 0.342. The molecule has 2 atom stereocenters. The number of carbonyl (C=O) groups excluding carboxylic acids is 3. The Kier molecular flexibility index (Phi) is 6.65. The highest BCUT2D eigenvalue weighted by molar-refractivity contribution is 6.10. The van der Waals surface area contributed by atoms with Crippen molar-refractivity contribution in [3.8, 4) is 0 Å². The number of nitrogens with zero attached hydrogens (tertiary/aromatic N) is 3. The van der Waals surface area contributed by atoms with E-state index in [2.05, 4.69) is 4.98 Å². The van der Waals surface area contributed by atoms with Gasteiger partial charge in [0.25, 0.3) is 0 Å². The van der Waals surface area contributed by atoms with Crippen LogP contribution in [0.5, 0.6) is 0 Å². The molecule has 4 rings (SSSR count). The molecule has 0 saturated carbocycles. The maximum atomic E-state index is 13.7. The Balaban J connectivity index is 1.61. The minimum absolute atomic E-state index is 0.00977. The molecule has 2 unspecified atom stereocenters. The summed E-state index contributed by atoms with van der Waals surface area (Å²) in [6.45, 7) is 3.88. The van der Waals surface area contributed by atoms with Gasteiger partial charge in [0, 0.05) is 44.9 Å². The molecule has 168 valence electrons. The molecular weight excluding hydrogens is 406 g/mol. The van der Waals surface area contributed by atoms with Gasteiger partial charge in [0.05, 0.1) is 18.1 Å². The zero-order valence-corrected chi connectivity index (χ0v) is 18.4. The van der Waals surface area contributed by atoms with Crippen LogP contribution in [0, 0.1) is 0 Å². The molecular formula is C25H29N3O4. The minimum atomic E-state index is -1.19. The van der Waals surface area contributed by atoms with E-state index in [9.17, 15) is 14.4 Å². The lowest BCUT2D eigenvalue weighted by atomic mass is 9.75. The van der Waals surface area contributed by atoms with Crippen LogP contribution in [0.4, 0.5) is 0 Å². The second-order valence-corrected chi connectivity index (χ2v) is 8.51. The van der Waals surface area contributed by atoms with Crippen LogP contribution in [0.15, 0.2) is 54.9 Å². The van der Waals surface area contributed by atoms with Gasteiger partial charge in [0.1, 0.15) is 0 Å². The van der Waals surface area contributed by atoms with Gasteiger partial charge in [-0.25, -0.2) is 0 Å². The van der Waals surface area contributed by atoms with Crippen molar-refractivity contribution in [2.24, 2.45) is 0 Å². The molecule has 2 fully saturated rings. The number of likely N-dealkylation sites (tertiary alicyclic amines) is 1. The van der Waals surface area contributed by atoms with Gasteiger partial charge < -0.3 is 9.64 Å². The number of amides is 3. The summed E-state index contributed by atoms with van der Waals surface area (Å²) in [5.74, 6) is -0.698. The van der Waals surface area contributed by atoms with E-state index in [1.54, 1.807) is 29.4 Å². The van der Waals surface area contributed by atoms with E-state index >= 15 is 0 Å². The summed E-state index contributed by atoms with van der Waals surface area (Å²) in [6, 6.07) is 12.8. The second kappa shape index (κ2) is 9.61. The number of hydrogen-bond acceptors (Lipinski definition) is 5. The molecule has 2 aromatic rings. The Hall–Kier alpha value is -3.06. The lowest BCUT2D eigenvalue weighted by Gasteiger charge is -2.31. The van der Waals surface area contributed by atoms with Gasteiger partial charge >= 0.3 is 0 Å². The fourth-order valence-electron chi connectivity index (χ4n) is 4.67. The molecule has 32 heavy (non-hydrogen) atoms. The SMILES string of the molecule is CCN(CC1CCCO1)C(=O)CC1(c2ccccc2)CC(=O)N(Cc2ccncc2)C1=O. The zero-order chi connectivity index (χ0) is 22.6. The predicted octanol–water partition coefficient (Wildman–Crippen LogP) is 2.70. The van der Waals surface area contributed by atoms with Gasteiger partial charge in [-0.05, 0) is 43.0 Å². The summed E-state index contributed by atoms with van der Waals surface area (Å²) in [6.07, 6.45) is 5.21. The van der Waals surface area contributed by atoms with Crippen LogP contribution in [0.1, 0.15) is 43.7 Å². The Morgan fingerprint density at radius 1 is 1.19 bits per heavy atom. The number of rotatable bonds is 8. The number of pyridine rings is 1. The van der Waals surface area contributed by atoms with E-state index in [1.165, 1.54) is 4.90 Å². The maximum Gasteiger partial charge on any atom is 0.241 e. The van der Waals surface area contributed by atoms with Crippen LogP contribution in [0.2, 0.25) is 0 Å². The average molecular weight is 436 g/mol. The molecule has 2 aliphatic rings. The largest absolute Gasteiger partial charge is 0.376 e. The maximum absolute atomic E-state index is 13.7. The van der Waals surface area contributed by atoms with E-state index in [1.807, 2.05) is 37.3 Å². The minimum Gasteiger partial charge on any atom is -0.376 e. The number of carbonyl (C=O) groups is 3. The van der Waals surface area contributed by atoms with E-state index in [4.69, 9.17) is 4.74 Å². The first-order chi connectivity index (χ1) is 15.5. The van der Waals surface area contributed by atoms with Crippen molar-refractivity contribution in [3.63, 3.8) is 0 Å². The molecule has 2 saturated heterocycles. The average Bonchev–Trinajstić information content (AvgIpc) is 3.41. The summed E-state index contributed by atoms with van der Waals surface area (Å²) >= 11 is 0. The van der Waals surface area contributed by atoms with E-state index in [0.29, 0.717) is 18.7 Å². The Bertz CT molecular complexity index is 960. The lowest BCUT2D eigenvalue weighted by molar-refractivity contribution is -0.143. The van der Waals surface area contributed by atoms with Crippen LogP contribution in [0.3, 0.4) is 0 Å². The third-order valence-electron chi connectivity index (χ3n) is 6.46. The molecule has 7 nitrogen and oxygen atoms in total. The van der Waals surface area contributed by atoms with Crippen molar-refractivity contribution in [1.82, 2.24) is 14.8 Å². The van der Waals surface area contributed by atoms with Crippen molar-refractivity contribution in [2.75, 3.05) is 19.7 Å². The first kappa shape index (κ1) is 22.1. The Morgan fingerprint density at radius 2 is 1.94 bits per heavy atom. The smallest absolute Gasteiger partial charge is 0.241 e. The zero-order valence-electron chi connectivity index (χ0n) is 18.4. The molecule has 3 amide bonds. The molecule has 1 aromatic heterocycles. The fourth-order valence-corrected chi connectivity index (χ4v) is 4.67. The topological polar surface area (TPSA) is 79.8 Å². The van der Waals surface area contributed by atoms with Crippen molar-refractivity contribution in [3.05, 3.63) is 66.0 Å². The third kappa shape index (κ3) is 4.43. The number of benzene rings is 1. The predicted molar refractivity (Wildman–Crippen MR) is 118 cm³/mol. The highest BCUT2D eigenvalue weighted by Crippen LogP contribution is 2.41. The van der Waals surface area contributed by atoms with E-state index < -0.39 is 5.41 Å². The highest BCUT2D eigenvalue weighted by atomic mass is 16.5. The van der Waals surface area contributed by atoms with Crippen LogP contribution >= 0.6 is 0 Å². The van der Waals surface area contributed by atoms with Crippen molar-refractivity contribution in [2.45, 2.75) is 50.7 Å². The first-order valence-corrected chi connectivity index (χ1v) is 11.2. The van der Waals surface area contributed by atoms with Crippen molar-refractivity contribution >= 4 is 17.7 Å². The Labute approximate surface area is 188 Å². The van der Waals surface area contributed by atoms with Gasteiger partial charge in [-0.2, -0.15) is 0 Å². The summed E-state index contributed by atoms with van der Waals surface area (Å²) in [5, 5.41) is 0. The molecule has 2 aliphatic heterocycles. The second-order valence-electron chi connectivity index (χ2n) is 8.51. The molecule has 1 aromatic carbocycles. The fraction of sp³-hybridized carbons (Fsp3) is 0.440. The van der Waals surface area contributed by atoms with Crippen LogP contribution < -0.4 is 0 Å². The van der Waals surface area contributed by atoms with Crippen molar-refractivity contribution < 1.29 is 19.1 Å². The number of hydrogen-bond donors (Lipinski definition) is 0. The molecule has 0 radical (unpaired) electrons. The van der Waals surface area contributed by atoms with Gasteiger partial charge in [0.2, 0.25) is 17.7 Å². The molecule has 3 heterocycles. The highest BCUT2D eigenvalue weighted by Gasteiger charge is 2.54. The van der Waals surface area contributed by atoms with Gasteiger partial charge in [-0.3, -0.25) is 24.3 Å². The number of ether oxygens (including phenoxy) is 1. The number of aromatic nitrogens is 1. The third-order valence-corrected chi connectivity index (χ3v) is 6.46. The van der Waals surface area contributed by atoms with Gasteiger partial charge in [-0.15, -0.1) is 0 Å². The summed E-state index contributed by atoms with van der Waals surface area (Å²) < 4.78 is 5.71. The quantitative estimate of drug-likeness (QED) is 0.596. The molecule has 7 heteroatoms. The number of likely N-dealkylation sites (N-methyl/N-ethyl adjacent to an activating group) is 1. The van der Waals surface area contributed by atoms with Crippen LogP contribution in [-0.2, 0) is 31.1 Å². The monoisotopic (exact) mass is 435 g/mol. The van der Waals surface area contributed by atoms with E-state index in [0.717, 1.165) is 25.0 Å². The normalized spacial score (nSPS) is 23.0. The summed E-state index contributed by atoms with van der Waals surface area (Å²) in [7, 11) is 0. The molecule has 0 spiro atoms. The molecule has 0 N–H and O–H groups in total. The summed E-state index contributed by atoms with van der Waals surface area (Å²) in [4.78, 5) is 47.2. The van der Waals surface area contributed by atoms with Crippen LogP contribution in [-0.4, -0.2) is 58.3 Å². The first-order valence-electron chi connectivity index (χ1n) is 11.2. The lowest BCUT2D eigenvalue weighted by Crippen LogP contribution is -2.45. The van der Waals surface area contributed by atoms with E-state index in [-0.39, 0.29) is 43.2 Å². The van der Waals surface area contributed by atoms with Crippen molar-refractivity contribution in [1.29, 1.82) is 0 Å². The Morgan fingerprint density at radius 3 is 2.59 bits per heavy atom. The van der Waals surface area contributed by atoms with Gasteiger partial charge in [0.15, 0.2) is 0 Å². The molecule has 0 bridgehead atoms.